The fourth-order valence-corrected chi connectivity index (χ4v) is 9.09. The van der Waals surface area contributed by atoms with Gasteiger partial charge in [-0.25, -0.2) is 4.79 Å². The average Bonchev–Trinajstić information content (AvgIpc) is 3.34. The van der Waals surface area contributed by atoms with E-state index in [1.165, 1.54) is 127 Å². The van der Waals surface area contributed by atoms with Gasteiger partial charge in [-0.05, 0) is 64.5 Å². The summed E-state index contributed by atoms with van der Waals surface area (Å²) in [6.45, 7) is 4.28. The van der Waals surface area contributed by atoms with Crippen LogP contribution in [0.15, 0.2) is 0 Å². The SMILES string of the molecule is CCCCCCCCCCCCCCCC(=O)OC[C@@H](CSC[C@H](N)C(=O)N[C@@H](CO)C(=O)N[C@@H](CCCCN)C(=O)NC(CCCCN)C(=O)O)OC(=O)CCCCCCCCCCCCCCC. The van der Waals surface area contributed by atoms with Crippen molar-refractivity contribution in [2.45, 2.75) is 262 Å². The highest BCUT2D eigenvalue weighted by Crippen LogP contribution is 2.17. The highest BCUT2D eigenvalue weighted by Gasteiger charge is 2.30. The third kappa shape index (κ3) is 39.6. The fraction of sp³-hybridized carbons (Fsp3) is 0.887. The number of nitrogens with two attached hydrogens (primary N) is 3. The van der Waals surface area contributed by atoms with Gasteiger partial charge in [0.2, 0.25) is 17.7 Å². The second-order valence-corrected chi connectivity index (χ2v) is 20.3. The molecule has 0 aromatic carbocycles. The molecule has 17 heteroatoms. The fourth-order valence-electron chi connectivity index (χ4n) is 8.12. The number of unbranched alkanes of at least 4 members (excludes halogenated alkanes) is 26. The molecule has 16 nitrogen and oxygen atoms in total. The predicted octanol–water partition coefficient (Wildman–Crippen LogP) is 8.25. The number of nitrogens with one attached hydrogen (secondary N) is 3. The van der Waals surface area contributed by atoms with E-state index in [-0.39, 0.29) is 55.7 Å². The molecule has 3 amide bonds. The molecule has 0 heterocycles. The van der Waals surface area contributed by atoms with Gasteiger partial charge in [-0.15, -0.1) is 0 Å². The minimum Gasteiger partial charge on any atom is -0.480 e. The summed E-state index contributed by atoms with van der Waals surface area (Å²) in [5.74, 6) is -4.00. The van der Waals surface area contributed by atoms with Gasteiger partial charge in [0.25, 0.3) is 0 Å². The van der Waals surface area contributed by atoms with Crippen LogP contribution in [-0.2, 0) is 38.2 Å². The van der Waals surface area contributed by atoms with Crippen LogP contribution in [0, 0.1) is 0 Å². The highest BCUT2D eigenvalue weighted by molar-refractivity contribution is 7.99. The van der Waals surface area contributed by atoms with Crippen LogP contribution in [-0.4, -0.2) is 114 Å². The van der Waals surface area contributed by atoms with E-state index in [1.54, 1.807) is 0 Å². The number of aliphatic hydroxyl groups excluding tert-OH is 1. The Hall–Kier alpha value is -2.99. The summed E-state index contributed by atoms with van der Waals surface area (Å²) in [4.78, 5) is 77.2. The summed E-state index contributed by atoms with van der Waals surface area (Å²) < 4.78 is 11.4. The molecule has 1 unspecified atom stereocenters. The van der Waals surface area contributed by atoms with E-state index in [4.69, 9.17) is 26.7 Å². The summed E-state index contributed by atoms with van der Waals surface area (Å²) in [5, 5.41) is 27.2. The maximum Gasteiger partial charge on any atom is 0.326 e. The van der Waals surface area contributed by atoms with E-state index in [0.29, 0.717) is 45.2 Å². The van der Waals surface area contributed by atoms with Crippen molar-refractivity contribution in [3.63, 3.8) is 0 Å². The number of hydrogen-bond donors (Lipinski definition) is 8. The van der Waals surface area contributed by atoms with E-state index in [0.717, 1.165) is 44.9 Å². The molecule has 0 aliphatic rings. The number of rotatable bonds is 51. The van der Waals surface area contributed by atoms with Crippen LogP contribution in [0.1, 0.15) is 232 Å². The zero-order valence-electron chi connectivity index (χ0n) is 44.0. The maximum absolute atomic E-state index is 13.3. The third-order valence-corrected chi connectivity index (χ3v) is 13.8. The number of aliphatic hydroxyl groups is 1. The molecule has 0 radical (unpaired) electrons. The Kier molecular flexibility index (Phi) is 46.2. The molecule has 0 bridgehead atoms. The molecule has 0 aliphatic carbocycles. The van der Waals surface area contributed by atoms with Gasteiger partial charge in [0, 0.05) is 24.3 Å². The van der Waals surface area contributed by atoms with Crippen LogP contribution < -0.4 is 33.2 Å². The lowest BCUT2D eigenvalue weighted by molar-refractivity contribution is -0.157. The van der Waals surface area contributed by atoms with E-state index in [9.17, 15) is 39.0 Å². The van der Waals surface area contributed by atoms with E-state index in [2.05, 4.69) is 29.8 Å². The van der Waals surface area contributed by atoms with Gasteiger partial charge in [-0.2, -0.15) is 11.8 Å². The van der Waals surface area contributed by atoms with Crippen molar-refractivity contribution in [1.29, 1.82) is 0 Å². The minimum atomic E-state index is -1.46. The number of carboxylic acids is 1. The topological polar surface area (TPSA) is 275 Å². The molecule has 0 rings (SSSR count). The number of hydrogen-bond acceptors (Lipinski definition) is 13. The quantitative estimate of drug-likeness (QED) is 0.0211. The van der Waals surface area contributed by atoms with Gasteiger partial charge in [-0.3, -0.25) is 24.0 Å². The lowest BCUT2D eigenvalue weighted by Crippen LogP contribution is -2.58. The molecule has 0 aromatic heterocycles. The third-order valence-electron chi connectivity index (χ3n) is 12.6. The Balaban J connectivity index is 5.18. The van der Waals surface area contributed by atoms with Gasteiger partial charge >= 0.3 is 17.9 Å². The number of esters is 2. The molecule has 0 aromatic rings. The normalized spacial score (nSPS) is 13.5. The lowest BCUT2D eigenvalue weighted by Gasteiger charge is -2.24. The first-order valence-corrected chi connectivity index (χ1v) is 28.9. The Morgan fingerprint density at radius 3 is 1.30 bits per heavy atom. The largest absolute Gasteiger partial charge is 0.480 e. The summed E-state index contributed by atoms with van der Waals surface area (Å²) in [5.41, 5.74) is 17.4. The number of aliphatic carboxylic acids is 1. The number of ether oxygens (including phenoxy) is 2. The number of carboxylic acid groups (broad SMARTS) is 1. The van der Waals surface area contributed by atoms with Crippen molar-refractivity contribution in [3.05, 3.63) is 0 Å². The minimum absolute atomic E-state index is 0.0519. The molecule has 0 aliphatic heterocycles. The van der Waals surface area contributed by atoms with Gasteiger partial charge in [-0.1, -0.05) is 168 Å². The summed E-state index contributed by atoms with van der Waals surface area (Å²) in [6, 6.07) is -4.94. The number of carbonyl (C=O) groups is 6. The molecule has 0 saturated heterocycles. The smallest absolute Gasteiger partial charge is 0.326 e. The molecular formula is C53H102N6O10S. The highest BCUT2D eigenvalue weighted by atomic mass is 32.2. The Morgan fingerprint density at radius 2 is 0.871 bits per heavy atom. The van der Waals surface area contributed by atoms with Crippen LogP contribution in [0.2, 0.25) is 0 Å². The van der Waals surface area contributed by atoms with Crippen molar-refractivity contribution in [1.82, 2.24) is 16.0 Å². The standard InChI is InChI=1S/C53H102N6O10S/c1-3-5-7-9-11-13-15-17-19-21-23-25-27-35-48(61)68-40-43(69-49(62)36-28-26-24-22-20-18-16-14-12-10-8-6-4-2)41-70-42-44(56)50(63)59-47(39-60)52(65)57-45(33-29-31-37-54)51(64)58-46(53(66)67)34-30-32-38-55/h43-47,60H,3-42,54-56H2,1-2H3,(H,57,65)(H,58,64)(H,59,63)(H,66,67)/t43-,44-,45-,46?,47-/m0/s1. The summed E-state index contributed by atoms with van der Waals surface area (Å²) >= 11 is 1.23. The van der Waals surface area contributed by atoms with Crippen LogP contribution in [0.3, 0.4) is 0 Å². The van der Waals surface area contributed by atoms with Crippen molar-refractivity contribution >= 4 is 47.4 Å². The van der Waals surface area contributed by atoms with Crippen molar-refractivity contribution < 1.29 is 48.5 Å². The maximum atomic E-state index is 13.3. The Labute approximate surface area is 427 Å². The summed E-state index contributed by atoms with van der Waals surface area (Å²) in [6.07, 6.45) is 33.3. The van der Waals surface area contributed by atoms with Crippen molar-refractivity contribution in [2.75, 3.05) is 37.8 Å². The summed E-state index contributed by atoms with van der Waals surface area (Å²) in [7, 11) is 0. The van der Waals surface area contributed by atoms with Crippen LogP contribution in [0.5, 0.6) is 0 Å². The lowest BCUT2D eigenvalue weighted by atomic mass is 10.0. The monoisotopic (exact) mass is 1010 g/mol. The second kappa shape index (κ2) is 48.3. The average molecular weight is 1020 g/mol. The van der Waals surface area contributed by atoms with Crippen molar-refractivity contribution in [3.8, 4) is 0 Å². The van der Waals surface area contributed by atoms with E-state index < -0.39 is 60.6 Å². The molecule has 0 fully saturated rings. The Bertz CT molecular complexity index is 1330. The van der Waals surface area contributed by atoms with E-state index >= 15 is 0 Å². The molecular weight excluding hydrogens is 913 g/mol. The van der Waals surface area contributed by atoms with Crippen LogP contribution >= 0.6 is 11.8 Å². The molecule has 70 heavy (non-hydrogen) atoms. The van der Waals surface area contributed by atoms with Gasteiger partial charge in [0.15, 0.2) is 0 Å². The zero-order valence-corrected chi connectivity index (χ0v) is 44.8. The van der Waals surface area contributed by atoms with E-state index in [1.807, 2.05) is 0 Å². The molecule has 11 N–H and O–H groups in total. The zero-order chi connectivity index (χ0) is 51.9. The predicted molar refractivity (Wildman–Crippen MR) is 283 cm³/mol. The first-order chi connectivity index (χ1) is 33.9. The second-order valence-electron chi connectivity index (χ2n) is 19.2. The number of amides is 3. The molecule has 0 spiro atoms. The Morgan fingerprint density at radius 1 is 0.486 bits per heavy atom. The van der Waals surface area contributed by atoms with Crippen molar-refractivity contribution in [2.24, 2.45) is 17.2 Å². The van der Waals surface area contributed by atoms with Gasteiger partial charge in [0.05, 0.1) is 12.6 Å². The first kappa shape index (κ1) is 67.0. The van der Waals surface area contributed by atoms with Crippen LogP contribution in [0.25, 0.3) is 0 Å². The molecule has 5 atom stereocenters. The van der Waals surface area contributed by atoms with Crippen LogP contribution in [0.4, 0.5) is 0 Å². The van der Waals surface area contributed by atoms with Gasteiger partial charge in [0.1, 0.15) is 30.8 Å². The number of thioether (sulfide) groups is 1. The van der Waals surface area contributed by atoms with Gasteiger partial charge < -0.3 is 52.8 Å². The molecule has 410 valence electrons. The first-order valence-electron chi connectivity index (χ1n) is 27.8. The molecule has 0 saturated carbocycles. The number of carbonyl (C=O) groups excluding carboxylic acids is 5.